The zero-order chi connectivity index (χ0) is 17.4. The fraction of sp³-hybridized carbons (Fsp3) is 0.143. The number of rotatable bonds is 2. The number of esters is 1. The highest BCUT2D eigenvalue weighted by molar-refractivity contribution is 14.1. The molecule has 122 valence electrons. The van der Waals surface area contributed by atoms with Crippen molar-refractivity contribution in [2.24, 2.45) is 0 Å². The minimum Gasteiger partial charge on any atom is -0.464 e. The van der Waals surface area contributed by atoms with Crippen LogP contribution in [0.1, 0.15) is 16.1 Å². The van der Waals surface area contributed by atoms with Crippen LogP contribution in [-0.4, -0.2) is 18.1 Å². The number of hydrogen-bond acceptors (Lipinski definition) is 3. The maximum atomic E-state index is 12.7. The first kappa shape index (κ1) is 18.3. The largest absolute Gasteiger partial charge is 0.464 e. The lowest BCUT2D eigenvalue weighted by atomic mass is 10.1. The highest BCUT2D eigenvalue weighted by atomic mass is 127. The second-order valence-electron chi connectivity index (χ2n) is 4.33. The molecule has 1 aromatic heterocycles. The first-order valence-corrected chi connectivity index (χ1v) is 7.80. The monoisotopic (exact) mass is 475 g/mol. The number of hydrogen-bond donors (Lipinski definition) is 0. The molecule has 1 aromatic carbocycles. The summed E-state index contributed by atoms with van der Waals surface area (Å²) in [5.41, 5.74) is -0.510. The van der Waals surface area contributed by atoms with Crippen LogP contribution < -0.4 is 0 Å². The quantitative estimate of drug-likeness (QED) is 0.427. The summed E-state index contributed by atoms with van der Waals surface area (Å²) in [4.78, 5) is 15.7. The molecule has 0 saturated carbocycles. The molecule has 1 heterocycles. The van der Waals surface area contributed by atoms with Gasteiger partial charge in [0, 0.05) is 9.13 Å². The Bertz CT molecular complexity index is 781. The standard InChI is InChI=1S/C14H7Cl2F3INO2/c1-23-13(22)12-9(16)5-10(20)11(21-12)7-3-2-6(4-8(7)15)14(17,18)19/h2-5H,1H3. The number of carbonyl (C=O) groups is 1. The average Bonchev–Trinajstić information content (AvgIpc) is 2.46. The topological polar surface area (TPSA) is 39.2 Å². The van der Waals surface area contributed by atoms with Crippen molar-refractivity contribution in [2.75, 3.05) is 7.11 Å². The first-order chi connectivity index (χ1) is 10.6. The Balaban J connectivity index is 2.61. The maximum absolute atomic E-state index is 12.7. The van der Waals surface area contributed by atoms with Crippen molar-refractivity contribution in [3.8, 4) is 11.3 Å². The Kier molecular flexibility index (Phi) is 5.42. The van der Waals surface area contributed by atoms with Gasteiger partial charge in [0.25, 0.3) is 0 Å². The Hall–Kier alpha value is -1.06. The van der Waals surface area contributed by atoms with Crippen LogP contribution in [0.2, 0.25) is 10.0 Å². The summed E-state index contributed by atoms with van der Waals surface area (Å²) in [6.45, 7) is 0. The van der Waals surface area contributed by atoms with Crippen molar-refractivity contribution in [1.29, 1.82) is 0 Å². The number of pyridine rings is 1. The summed E-state index contributed by atoms with van der Waals surface area (Å²) in [6, 6.07) is 4.36. The summed E-state index contributed by atoms with van der Waals surface area (Å²) in [5, 5.41) is -0.0589. The van der Waals surface area contributed by atoms with Gasteiger partial charge in [-0.3, -0.25) is 0 Å². The molecule has 9 heteroatoms. The van der Waals surface area contributed by atoms with E-state index in [0.717, 1.165) is 12.1 Å². The summed E-state index contributed by atoms with van der Waals surface area (Å²) in [6.07, 6.45) is -4.50. The molecule has 0 aliphatic carbocycles. The Labute approximate surface area is 152 Å². The molecule has 23 heavy (non-hydrogen) atoms. The minimum absolute atomic E-state index is 0.0769. The van der Waals surface area contributed by atoms with Crippen LogP contribution in [0.25, 0.3) is 11.3 Å². The third-order valence-corrected chi connectivity index (χ3v) is 4.28. The number of methoxy groups -OCH3 is 1. The number of ether oxygens (including phenoxy) is 1. The van der Waals surface area contributed by atoms with E-state index in [2.05, 4.69) is 9.72 Å². The number of nitrogens with zero attached hydrogens (tertiary/aromatic N) is 1. The number of benzene rings is 1. The van der Waals surface area contributed by atoms with Crippen LogP contribution in [0.3, 0.4) is 0 Å². The second-order valence-corrected chi connectivity index (χ2v) is 6.31. The molecule has 0 radical (unpaired) electrons. The molecule has 0 unspecified atom stereocenters. The van der Waals surface area contributed by atoms with Gasteiger partial charge in [0.15, 0.2) is 5.69 Å². The predicted octanol–water partition coefficient (Wildman–Crippen LogP) is 5.47. The van der Waals surface area contributed by atoms with Crippen LogP contribution in [0.15, 0.2) is 24.3 Å². The molecular formula is C14H7Cl2F3INO2. The molecule has 0 spiro atoms. The van der Waals surface area contributed by atoms with Gasteiger partial charge in [-0.25, -0.2) is 9.78 Å². The summed E-state index contributed by atoms with van der Waals surface area (Å²) < 4.78 is 43.2. The predicted molar refractivity (Wildman–Crippen MR) is 88.8 cm³/mol. The molecule has 0 atom stereocenters. The van der Waals surface area contributed by atoms with Crippen molar-refractivity contribution in [3.63, 3.8) is 0 Å². The van der Waals surface area contributed by atoms with Gasteiger partial charge in [0.05, 0.1) is 28.4 Å². The van der Waals surface area contributed by atoms with E-state index >= 15 is 0 Å². The van der Waals surface area contributed by atoms with Crippen LogP contribution >= 0.6 is 45.8 Å². The molecule has 2 aromatic rings. The van der Waals surface area contributed by atoms with E-state index in [1.807, 2.05) is 22.6 Å². The van der Waals surface area contributed by atoms with Gasteiger partial charge in [0.2, 0.25) is 0 Å². The second kappa shape index (κ2) is 6.82. The van der Waals surface area contributed by atoms with E-state index in [-0.39, 0.29) is 27.0 Å². The molecular weight excluding hydrogens is 469 g/mol. The van der Waals surface area contributed by atoms with Gasteiger partial charge in [-0.1, -0.05) is 29.3 Å². The fourth-order valence-electron chi connectivity index (χ4n) is 1.78. The molecule has 0 amide bonds. The molecule has 0 aliphatic rings. The van der Waals surface area contributed by atoms with Crippen LogP contribution in [-0.2, 0) is 10.9 Å². The lowest BCUT2D eigenvalue weighted by Gasteiger charge is -2.12. The maximum Gasteiger partial charge on any atom is 0.416 e. The zero-order valence-electron chi connectivity index (χ0n) is 11.3. The van der Waals surface area contributed by atoms with Crippen molar-refractivity contribution >= 4 is 51.8 Å². The first-order valence-electron chi connectivity index (χ1n) is 5.96. The molecule has 0 saturated heterocycles. The number of carbonyl (C=O) groups excluding carboxylic acids is 1. The Morgan fingerprint density at radius 1 is 1.22 bits per heavy atom. The van der Waals surface area contributed by atoms with E-state index in [1.165, 1.54) is 19.2 Å². The van der Waals surface area contributed by atoms with Crippen LogP contribution in [0, 0.1) is 3.57 Å². The summed E-state index contributed by atoms with van der Waals surface area (Å²) in [7, 11) is 1.17. The van der Waals surface area contributed by atoms with Crippen molar-refractivity contribution in [2.45, 2.75) is 6.18 Å². The van der Waals surface area contributed by atoms with Gasteiger partial charge in [0.1, 0.15) is 0 Å². The van der Waals surface area contributed by atoms with Crippen molar-refractivity contribution < 1.29 is 22.7 Å². The smallest absolute Gasteiger partial charge is 0.416 e. The number of alkyl halides is 3. The molecule has 0 aliphatic heterocycles. The SMILES string of the molecule is COC(=O)c1nc(-c2ccc(C(F)(F)F)cc2Cl)c(I)cc1Cl. The third kappa shape index (κ3) is 3.89. The highest BCUT2D eigenvalue weighted by Gasteiger charge is 2.31. The Morgan fingerprint density at radius 2 is 1.87 bits per heavy atom. The van der Waals surface area contributed by atoms with E-state index < -0.39 is 17.7 Å². The molecule has 0 bridgehead atoms. The van der Waals surface area contributed by atoms with E-state index in [0.29, 0.717) is 3.57 Å². The average molecular weight is 476 g/mol. The summed E-state index contributed by atoms with van der Waals surface area (Å²) >= 11 is 13.8. The fourth-order valence-corrected chi connectivity index (χ4v) is 3.18. The van der Waals surface area contributed by atoms with Gasteiger partial charge in [-0.15, -0.1) is 0 Å². The number of aromatic nitrogens is 1. The molecule has 0 fully saturated rings. The minimum atomic E-state index is -4.50. The Morgan fingerprint density at radius 3 is 2.39 bits per heavy atom. The van der Waals surface area contributed by atoms with E-state index in [9.17, 15) is 18.0 Å². The third-order valence-electron chi connectivity index (χ3n) is 2.86. The number of halogens is 6. The lowest BCUT2D eigenvalue weighted by molar-refractivity contribution is -0.137. The van der Waals surface area contributed by atoms with Crippen LogP contribution in [0.5, 0.6) is 0 Å². The molecule has 0 N–H and O–H groups in total. The van der Waals surface area contributed by atoms with Crippen LogP contribution in [0.4, 0.5) is 13.2 Å². The van der Waals surface area contributed by atoms with Gasteiger partial charge in [-0.2, -0.15) is 13.2 Å². The molecule has 3 nitrogen and oxygen atoms in total. The highest BCUT2D eigenvalue weighted by Crippen LogP contribution is 2.37. The normalized spacial score (nSPS) is 11.4. The lowest BCUT2D eigenvalue weighted by Crippen LogP contribution is -2.08. The van der Waals surface area contributed by atoms with Gasteiger partial charge in [-0.05, 0) is 40.8 Å². The summed E-state index contributed by atoms with van der Waals surface area (Å²) in [5.74, 6) is -0.754. The van der Waals surface area contributed by atoms with Gasteiger partial charge >= 0.3 is 12.1 Å². The van der Waals surface area contributed by atoms with Crippen molar-refractivity contribution in [3.05, 3.63) is 49.1 Å². The van der Waals surface area contributed by atoms with Gasteiger partial charge < -0.3 is 4.74 Å². The van der Waals surface area contributed by atoms with Crippen molar-refractivity contribution in [1.82, 2.24) is 4.98 Å². The van der Waals surface area contributed by atoms with E-state index in [4.69, 9.17) is 23.2 Å². The van der Waals surface area contributed by atoms with E-state index in [1.54, 1.807) is 0 Å². The molecule has 2 rings (SSSR count). The zero-order valence-corrected chi connectivity index (χ0v) is 15.0.